The molecule has 4 aromatic rings. The van der Waals surface area contributed by atoms with Crippen LogP contribution < -0.4 is 0 Å². The largest absolute Gasteiger partial charge is 0.382 e. The monoisotopic (exact) mass is 367 g/mol. The van der Waals surface area contributed by atoms with Gasteiger partial charge in [-0.1, -0.05) is 91.9 Å². The molecule has 133 valence electrons. The maximum Gasteiger partial charge on any atom is 0.0657 e. The Morgan fingerprint density at radius 2 is 1.19 bits per heavy atom. The molecule has 3 radical (unpaired) electrons. The second kappa shape index (κ2) is 8.08. The van der Waals surface area contributed by atoms with Gasteiger partial charge in [-0.25, -0.2) is 0 Å². The maximum absolute atomic E-state index is 6.17. The first-order valence-corrected chi connectivity index (χ1v) is 10.1. The SMILES string of the molecule is CCC([Si])OCC(c1cccc2ccccc12)c1cccc2ccccc12. The third kappa shape index (κ3) is 3.69. The molecule has 0 aliphatic carbocycles. The van der Waals surface area contributed by atoms with Gasteiger partial charge in [0.05, 0.1) is 16.8 Å². The normalized spacial score (nSPS) is 12.7. The Bertz CT molecular complexity index is 966. The van der Waals surface area contributed by atoms with E-state index in [2.05, 4.69) is 102 Å². The fraction of sp³-hybridized carbons (Fsp3) is 0.200. The van der Waals surface area contributed by atoms with Gasteiger partial charge in [0.2, 0.25) is 0 Å². The van der Waals surface area contributed by atoms with E-state index in [1.165, 1.54) is 32.7 Å². The highest BCUT2D eigenvalue weighted by Gasteiger charge is 2.20. The van der Waals surface area contributed by atoms with Crippen LogP contribution in [0.15, 0.2) is 84.9 Å². The van der Waals surface area contributed by atoms with Crippen LogP contribution in [0.2, 0.25) is 0 Å². The zero-order valence-electron chi connectivity index (χ0n) is 15.6. The summed E-state index contributed by atoms with van der Waals surface area (Å²) in [4.78, 5) is 0. The number of rotatable bonds is 6. The van der Waals surface area contributed by atoms with E-state index in [1.54, 1.807) is 0 Å². The lowest BCUT2D eigenvalue weighted by Gasteiger charge is -2.23. The fourth-order valence-corrected chi connectivity index (χ4v) is 3.88. The lowest BCUT2D eigenvalue weighted by molar-refractivity contribution is 0.0989. The second-order valence-electron chi connectivity index (χ2n) is 6.92. The van der Waals surface area contributed by atoms with Crippen molar-refractivity contribution in [2.75, 3.05) is 6.61 Å². The molecular weight excluding hydrogens is 344 g/mol. The molecule has 1 nitrogen and oxygen atoms in total. The van der Waals surface area contributed by atoms with Crippen LogP contribution in [0.1, 0.15) is 30.4 Å². The van der Waals surface area contributed by atoms with Gasteiger partial charge in [0.15, 0.2) is 0 Å². The predicted molar refractivity (Wildman–Crippen MR) is 116 cm³/mol. The van der Waals surface area contributed by atoms with Crippen LogP contribution in [0.4, 0.5) is 0 Å². The van der Waals surface area contributed by atoms with Gasteiger partial charge < -0.3 is 4.74 Å². The van der Waals surface area contributed by atoms with Gasteiger partial charge in [-0.2, -0.15) is 0 Å². The van der Waals surface area contributed by atoms with Crippen molar-refractivity contribution in [3.8, 4) is 0 Å². The highest BCUT2D eigenvalue weighted by molar-refractivity contribution is 6.10. The molecule has 0 bridgehead atoms. The number of hydrogen-bond acceptors (Lipinski definition) is 1. The molecular formula is C25H23OSi. The lowest BCUT2D eigenvalue weighted by Crippen LogP contribution is -2.18. The first-order chi connectivity index (χ1) is 13.3. The van der Waals surface area contributed by atoms with Crippen molar-refractivity contribution >= 4 is 31.8 Å². The number of fused-ring (bicyclic) bond motifs is 2. The third-order valence-corrected chi connectivity index (χ3v) is 5.81. The summed E-state index contributed by atoms with van der Waals surface area (Å²) in [5.41, 5.74) is 2.70. The standard InChI is InChI=1S/C25H23OSi/c1-2-25(27)26-17-24(22-15-7-11-18-9-3-5-13-20(18)22)23-16-8-12-19-10-4-6-14-21(19)23/h3-16,24-25H,2,17H2,1H3. The zero-order chi connectivity index (χ0) is 18.6. The van der Waals surface area contributed by atoms with Crippen LogP contribution >= 0.6 is 0 Å². The van der Waals surface area contributed by atoms with Crippen LogP contribution in [-0.4, -0.2) is 22.6 Å². The average molecular weight is 368 g/mol. The molecule has 4 aromatic carbocycles. The summed E-state index contributed by atoms with van der Waals surface area (Å²) in [6.07, 6.45) is 0.939. The summed E-state index contributed by atoms with van der Waals surface area (Å²) < 4.78 is 6.17. The minimum atomic E-state index is 0.0671. The molecule has 4 rings (SSSR count). The van der Waals surface area contributed by atoms with Gasteiger partial charge in [0.25, 0.3) is 0 Å². The minimum Gasteiger partial charge on any atom is -0.382 e. The minimum absolute atomic E-state index is 0.0671. The van der Waals surface area contributed by atoms with E-state index >= 15 is 0 Å². The van der Waals surface area contributed by atoms with Crippen molar-refractivity contribution < 1.29 is 4.74 Å². The molecule has 0 aliphatic heterocycles. The van der Waals surface area contributed by atoms with Crippen molar-refractivity contribution in [1.29, 1.82) is 0 Å². The first kappa shape index (κ1) is 18.0. The Kier molecular flexibility index (Phi) is 5.37. The van der Waals surface area contributed by atoms with Gasteiger partial charge in [-0.3, -0.25) is 0 Å². The summed E-state index contributed by atoms with van der Waals surface area (Å²) >= 11 is 0. The number of benzene rings is 4. The van der Waals surface area contributed by atoms with Crippen molar-refractivity contribution in [2.45, 2.75) is 25.0 Å². The van der Waals surface area contributed by atoms with Crippen molar-refractivity contribution in [3.63, 3.8) is 0 Å². The molecule has 0 amide bonds. The lowest BCUT2D eigenvalue weighted by atomic mass is 9.86. The average Bonchev–Trinajstić information content (AvgIpc) is 2.74. The third-order valence-electron chi connectivity index (χ3n) is 5.23. The van der Waals surface area contributed by atoms with Crippen LogP contribution in [0.3, 0.4) is 0 Å². The van der Waals surface area contributed by atoms with Gasteiger partial charge in [-0.15, -0.1) is 0 Å². The van der Waals surface area contributed by atoms with Crippen molar-refractivity contribution in [1.82, 2.24) is 0 Å². The summed E-state index contributed by atoms with van der Waals surface area (Å²) in [5.74, 6) is 0.174. The van der Waals surface area contributed by atoms with Crippen molar-refractivity contribution in [2.24, 2.45) is 0 Å². The molecule has 0 N–H and O–H groups in total. The van der Waals surface area contributed by atoms with E-state index in [0.717, 1.165) is 6.42 Å². The molecule has 1 unspecified atom stereocenters. The first-order valence-electron chi connectivity index (χ1n) is 9.56. The zero-order valence-corrected chi connectivity index (χ0v) is 16.6. The number of ether oxygens (including phenoxy) is 1. The van der Waals surface area contributed by atoms with Gasteiger partial charge in [0, 0.05) is 11.6 Å². The predicted octanol–water partition coefficient (Wildman–Crippen LogP) is 6.05. The van der Waals surface area contributed by atoms with Crippen LogP contribution in [0, 0.1) is 0 Å². The highest BCUT2D eigenvalue weighted by atomic mass is 28.1. The van der Waals surface area contributed by atoms with Gasteiger partial charge >= 0.3 is 0 Å². The molecule has 0 aliphatic rings. The van der Waals surface area contributed by atoms with Crippen LogP contribution in [0.25, 0.3) is 21.5 Å². The Morgan fingerprint density at radius 1 is 0.704 bits per heavy atom. The van der Waals surface area contributed by atoms with Gasteiger partial charge in [0.1, 0.15) is 0 Å². The van der Waals surface area contributed by atoms with E-state index in [0.29, 0.717) is 6.61 Å². The molecule has 0 fully saturated rings. The van der Waals surface area contributed by atoms with E-state index in [-0.39, 0.29) is 11.6 Å². The van der Waals surface area contributed by atoms with Crippen LogP contribution in [0.5, 0.6) is 0 Å². The molecule has 0 heterocycles. The maximum atomic E-state index is 6.17. The molecule has 0 aromatic heterocycles. The van der Waals surface area contributed by atoms with E-state index < -0.39 is 0 Å². The van der Waals surface area contributed by atoms with Crippen LogP contribution in [-0.2, 0) is 4.74 Å². The topological polar surface area (TPSA) is 9.23 Å². The quantitative estimate of drug-likeness (QED) is 0.377. The molecule has 0 spiro atoms. The molecule has 27 heavy (non-hydrogen) atoms. The molecule has 2 heteroatoms. The summed E-state index contributed by atoms with van der Waals surface area (Å²) in [5, 5.41) is 5.13. The van der Waals surface area contributed by atoms with Crippen molar-refractivity contribution in [3.05, 3.63) is 96.1 Å². The molecule has 0 saturated heterocycles. The van der Waals surface area contributed by atoms with E-state index in [9.17, 15) is 0 Å². The highest BCUT2D eigenvalue weighted by Crippen LogP contribution is 2.35. The summed E-state index contributed by atoms with van der Waals surface area (Å²) in [6, 6.07) is 30.4. The Balaban J connectivity index is 1.88. The fourth-order valence-electron chi connectivity index (χ4n) is 3.79. The smallest absolute Gasteiger partial charge is 0.0657 e. The van der Waals surface area contributed by atoms with Gasteiger partial charge in [-0.05, 0) is 39.1 Å². The summed E-state index contributed by atoms with van der Waals surface area (Å²) in [6.45, 7) is 2.77. The number of hydrogen-bond donors (Lipinski definition) is 0. The van der Waals surface area contributed by atoms with E-state index in [1.807, 2.05) is 0 Å². The Morgan fingerprint density at radius 3 is 1.70 bits per heavy atom. The second-order valence-corrected chi connectivity index (χ2v) is 7.56. The molecule has 0 saturated carbocycles. The summed E-state index contributed by atoms with van der Waals surface area (Å²) in [7, 11) is 3.68. The Hall–Kier alpha value is -2.42. The Labute approximate surface area is 164 Å². The molecule has 1 atom stereocenters. The van der Waals surface area contributed by atoms with E-state index in [4.69, 9.17) is 4.74 Å².